The van der Waals surface area contributed by atoms with E-state index in [4.69, 9.17) is 9.47 Å². The molecular formula is C27H28N4O3S. The van der Waals surface area contributed by atoms with E-state index in [1.807, 2.05) is 92.1 Å². The molecule has 0 bridgehead atoms. The number of carbonyl (C=O) groups is 1. The Hall–Kier alpha value is -3.78. The van der Waals surface area contributed by atoms with E-state index in [9.17, 15) is 4.79 Å². The van der Waals surface area contributed by atoms with Gasteiger partial charge in [-0.25, -0.2) is 0 Å². The van der Waals surface area contributed by atoms with Gasteiger partial charge < -0.3 is 14.8 Å². The third kappa shape index (κ3) is 6.22. The average molecular weight is 489 g/mol. The molecule has 7 nitrogen and oxygen atoms in total. The van der Waals surface area contributed by atoms with Crippen LogP contribution in [0.15, 0.2) is 71.9 Å². The Morgan fingerprint density at radius 1 is 0.914 bits per heavy atom. The molecule has 4 aromatic rings. The molecule has 0 fully saturated rings. The molecule has 1 heterocycles. The summed E-state index contributed by atoms with van der Waals surface area (Å²) in [4.78, 5) is 12.7. The van der Waals surface area contributed by atoms with E-state index in [1.54, 1.807) is 7.11 Å². The molecule has 8 heteroatoms. The fraction of sp³-hybridized carbons (Fsp3) is 0.222. The standard InChI is InChI=1S/C27H28N4O3S/c1-18-6-11-23(12-7-18)34-16-25-29-30-27(31(25)21-9-13-22(33-4)14-10-21)35-17-26(32)28-24-15-19(2)5-8-20(24)3/h5-15H,16-17H2,1-4H3,(H,28,32). The van der Waals surface area contributed by atoms with Crippen molar-refractivity contribution in [1.29, 1.82) is 0 Å². The predicted molar refractivity (Wildman–Crippen MR) is 139 cm³/mol. The van der Waals surface area contributed by atoms with Crippen molar-refractivity contribution in [2.45, 2.75) is 32.5 Å². The number of ether oxygens (including phenoxy) is 2. The lowest BCUT2D eigenvalue weighted by atomic mass is 10.1. The molecule has 0 saturated carbocycles. The fourth-order valence-electron chi connectivity index (χ4n) is 3.45. The molecule has 0 aliphatic heterocycles. The Kier molecular flexibility index (Phi) is 7.72. The number of hydrogen-bond donors (Lipinski definition) is 1. The van der Waals surface area contributed by atoms with Crippen molar-refractivity contribution in [3.8, 4) is 17.2 Å². The third-order valence-electron chi connectivity index (χ3n) is 5.42. The van der Waals surface area contributed by atoms with E-state index >= 15 is 0 Å². The van der Waals surface area contributed by atoms with Crippen molar-refractivity contribution >= 4 is 23.4 Å². The molecule has 0 atom stereocenters. The molecule has 3 aromatic carbocycles. The molecule has 1 aromatic heterocycles. The predicted octanol–water partition coefficient (Wildman–Crippen LogP) is 5.51. The van der Waals surface area contributed by atoms with Crippen molar-refractivity contribution < 1.29 is 14.3 Å². The quantitative estimate of drug-likeness (QED) is 0.313. The summed E-state index contributed by atoms with van der Waals surface area (Å²) in [5.74, 6) is 2.22. The smallest absolute Gasteiger partial charge is 0.234 e. The first-order valence-corrected chi connectivity index (χ1v) is 12.2. The molecule has 1 N–H and O–H groups in total. The van der Waals surface area contributed by atoms with E-state index in [1.165, 1.54) is 11.8 Å². The van der Waals surface area contributed by atoms with Crippen LogP contribution >= 0.6 is 11.8 Å². The number of aromatic nitrogens is 3. The summed E-state index contributed by atoms with van der Waals surface area (Å²) in [5.41, 5.74) is 4.95. The molecular weight excluding hydrogens is 460 g/mol. The lowest BCUT2D eigenvalue weighted by Crippen LogP contribution is -2.15. The number of nitrogens with zero attached hydrogens (tertiary/aromatic N) is 3. The number of methoxy groups -OCH3 is 1. The van der Waals surface area contributed by atoms with Crippen LogP contribution < -0.4 is 14.8 Å². The normalized spacial score (nSPS) is 10.7. The Morgan fingerprint density at radius 2 is 1.60 bits per heavy atom. The Bertz CT molecular complexity index is 1300. The minimum Gasteiger partial charge on any atom is -0.497 e. The molecule has 0 aliphatic carbocycles. The van der Waals surface area contributed by atoms with Gasteiger partial charge in [-0.05, 0) is 74.4 Å². The first kappa shape index (κ1) is 24.3. The molecule has 0 spiro atoms. The molecule has 180 valence electrons. The van der Waals surface area contributed by atoms with Gasteiger partial charge in [-0.15, -0.1) is 10.2 Å². The summed E-state index contributed by atoms with van der Waals surface area (Å²) in [6, 6.07) is 21.5. The van der Waals surface area contributed by atoms with E-state index in [0.717, 1.165) is 39.6 Å². The van der Waals surface area contributed by atoms with Gasteiger partial charge in [0.15, 0.2) is 11.0 Å². The van der Waals surface area contributed by atoms with Crippen LogP contribution in [0.5, 0.6) is 11.5 Å². The van der Waals surface area contributed by atoms with Gasteiger partial charge >= 0.3 is 0 Å². The number of nitrogens with one attached hydrogen (secondary N) is 1. The summed E-state index contributed by atoms with van der Waals surface area (Å²) in [6.07, 6.45) is 0. The summed E-state index contributed by atoms with van der Waals surface area (Å²) < 4.78 is 13.2. The number of benzene rings is 3. The number of aryl methyl sites for hydroxylation is 3. The Labute approximate surface area is 209 Å². The first-order valence-electron chi connectivity index (χ1n) is 11.2. The Morgan fingerprint density at radius 3 is 2.31 bits per heavy atom. The van der Waals surface area contributed by atoms with Gasteiger partial charge in [-0.1, -0.05) is 41.6 Å². The topological polar surface area (TPSA) is 78.3 Å². The van der Waals surface area contributed by atoms with E-state index < -0.39 is 0 Å². The first-order chi connectivity index (χ1) is 16.9. The second kappa shape index (κ2) is 11.1. The number of carbonyl (C=O) groups excluding carboxylic acids is 1. The zero-order chi connectivity index (χ0) is 24.8. The molecule has 0 aliphatic rings. The number of thioether (sulfide) groups is 1. The molecule has 1 amide bonds. The van der Waals surface area contributed by atoms with Gasteiger partial charge in [0, 0.05) is 11.4 Å². The third-order valence-corrected chi connectivity index (χ3v) is 6.35. The van der Waals surface area contributed by atoms with Crippen LogP contribution in [0.1, 0.15) is 22.5 Å². The summed E-state index contributed by atoms with van der Waals surface area (Å²) in [5, 5.41) is 12.3. The van der Waals surface area contributed by atoms with Gasteiger partial charge in [0.05, 0.1) is 12.9 Å². The highest BCUT2D eigenvalue weighted by atomic mass is 32.2. The van der Waals surface area contributed by atoms with Crippen LogP contribution in [0, 0.1) is 20.8 Å². The van der Waals surface area contributed by atoms with Crippen LogP contribution in [0.25, 0.3) is 5.69 Å². The molecule has 0 saturated heterocycles. The van der Waals surface area contributed by atoms with Crippen molar-refractivity contribution in [2.24, 2.45) is 0 Å². The molecule has 4 rings (SSSR count). The van der Waals surface area contributed by atoms with Crippen molar-refractivity contribution in [3.63, 3.8) is 0 Å². The lowest BCUT2D eigenvalue weighted by Gasteiger charge is -2.12. The molecule has 0 radical (unpaired) electrons. The monoisotopic (exact) mass is 488 g/mol. The van der Waals surface area contributed by atoms with Gasteiger partial charge in [-0.3, -0.25) is 9.36 Å². The zero-order valence-electron chi connectivity index (χ0n) is 20.2. The van der Waals surface area contributed by atoms with Crippen LogP contribution in [-0.2, 0) is 11.4 Å². The molecule has 0 unspecified atom stereocenters. The second-order valence-electron chi connectivity index (χ2n) is 8.19. The van der Waals surface area contributed by atoms with Crippen LogP contribution in [0.2, 0.25) is 0 Å². The average Bonchev–Trinajstić information content (AvgIpc) is 3.27. The highest BCUT2D eigenvalue weighted by Gasteiger charge is 2.17. The Balaban J connectivity index is 1.52. The van der Waals surface area contributed by atoms with Crippen LogP contribution in [0.3, 0.4) is 0 Å². The van der Waals surface area contributed by atoms with E-state index in [-0.39, 0.29) is 18.3 Å². The van der Waals surface area contributed by atoms with Crippen LogP contribution in [-0.4, -0.2) is 33.5 Å². The number of rotatable bonds is 9. The van der Waals surface area contributed by atoms with Gasteiger partial charge in [0.1, 0.15) is 18.1 Å². The van der Waals surface area contributed by atoms with Gasteiger partial charge in [0.25, 0.3) is 0 Å². The SMILES string of the molecule is COc1ccc(-n2c(COc3ccc(C)cc3)nnc2SCC(=O)Nc2cc(C)ccc2C)cc1. The maximum absolute atomic E-state index is 12.7. The van der Waals surface area contributed by atoms with Gasteiger partial charge in [0.2, 0.25) is 5.91 Å². The lowest BCUT2D eigenvalue weighted by molar-refractivity contribution is -0.113. The van der Waals surface area contributed by atoms with Crippen molar-refractivity contribution in [2.75, 3.05) is 18.2 Å². The minimum atomic E-state index is -0.106. The van der Waals surface area contributed by atoms with Gasteiger partial charge in [-0.2, -0.15) is 0 Å². The largest absolute Gasteiger partial charge is 0.497 e. The van der Waals surface area contributed by atoms with E-state index in [2.05, 4.69) is 15.5 Å². The number of anilines is 1. The fourth-order valence-corrected chi connectivity index (χ4v) is 4.22. The summed E-state index contributed by atoms with van der Waals surface area (Å²) >= 11 is 1.32. The summed E-state index contributed by atoms with van der Waals surface area (Å²) in [6.45, 7) is 6.24. The highest BCUT2D eigenvalue weighted by molar-refractivity contribution is 7.99. The maximum Gasteiger partial charge on any atom is 0.234 e. The summed E-state index contributed by atoms with van der Waals surface area (Å²) in [7, 11) is 1.63. The van der Waals surface area contributed by atoms with Crippen LogP contribution in [0.4, 0.5) is 5.69 Å². The maximum atomic E-state index is 12.7. The van der Waals surface area contributed by atoms with E-state index in [0.29, 0.717) is 11.0 Å². The van der Waals surface area contributed by atoms with Crippen molar-refractivity contribution in [3.05, 3.63) is 89.2 Å². The molecule has 35 heavy (non-hydrogen) atoms. The highest BCUT2D eigenvalue weighted by Crippen LogP contribution is 2.25. The number of hydrogen-bond acceptors (Lipinski definition) is 6. The number of amides is 1. The zero-order valence-corrected chi connectivity index (χ0v) is 21.1. The second-order valence-corrected chi connectivity index (χ2v) is 9.13. The van der Waals surface area contributed by atoms with Crippen molar-refractivity contribution in [1.82, 2.24) is 14.8 Å². The minimum absolute atomic E-state index is 0.106.